The van der Waals surface area contributed by atoms with Crippen molar-refractivity contribution in [3.63, 3.8) is 0 Å². The molecular formula is C12H12F3N3S. The Morgan fingerprint density at radius 1 is 1.21 bits per heavy atom. The SMILES string of the molecule is Cc1ccc(C)c(-n2c(C(F)(F)F)nn(C)c2=S)c1. The van der Waals surface area contributed by atoms with Crippen molar-refractivity contribution in [2.24, 2.45) is 7.05 Å². The van der Waals surface area contributed by atoms with Crippen molar-refractivity contribution < 1.29 is 13.2 Å². The maximum absolute atomic E-state index is 13.0. The highest BCUT2D eigenvalue weighted by Crippen LogP contribution is 2.31. The van der Waals surface area contributed by atoms with Crippen LogP contribution in [0.2, 0.25) is 0 Å². The average Bonchev–Trinajstić information content (AvgIpc) is 2.59. The molecule has 0 fully saturated rings. The summed E-state index contributed by atoms with van der Waals surface area (Å²) in [5.74, 6) is -1.01. The lowest BCUT2D eigenvalue weighted by molar-refractivity contribution is -0.146. The fraction of sp³-hybridized carbons (Fsp3) is 0.333. The number of rotatable bonds is 1. The van der Waals surface area contributed by atoms with Crippen LogP contribution in [0.5, 0.6) is 0 Å². The first kappa shape index (κ1) is 13.8. The van der Waals surface area contributed by atoms with E-state index in [2.05, 4.69) is 5.10 Å². The van der Waals surface area contributed by atoms with E-state index in [0.717, 1.165) is 14.8 Å². The minimum Gasteiger partial charge on any atom is -0.264 e. The summed E-state index contributed by atoms with van der Waals surface area (Å²) in [6, 6.07) is 5.27. The fourth-order valence-electron chi connectivity index (χ4n) is 1.83. The first-order chi connectivity index (χ1) is 8.71. The zero-order chi connectivity index (χ0) is 14.4. The summed E-state index contributed by atoms with van der Waals surface area (Å²) in [5.41, 5.74) is 1.98. The summed E-state index contributed by atoms with van der Waals surface area (Å²) in [6.07, 6.45) is -4.55. The molecule has 0 bridgehead atoms. The second kappa shape index (κ2) is 4.48. The number of alkyl halides is 3. The van der Waals surface area contributed by atoms with Crippen LogP contribution in [-0.4, -0.2) is 14.3 Å². The predicted octanol–water partition coefficient (Wildman–Crippen LogP) is 3.58. The van der Waals surface area contributed by atoms with E-state index in [1.807, 2.05) is 13.0 Å². The van der Waals surface area contributed by atoms with Crippen molar-refractivity contribution in [3.05, 3.63) is 39.9 Å². The van der Waals surface area contributed by atoms with Crippen LogP contribution in [0.4, 0.5) is 13.2 Å². The van der Waals surface area contributed by atoms with Crippen LogP contribution in [0.15, 0.2) is 18.2 Å². The van der Waals surface area contributed by atoms with E-state index in [1.165, 1.54) is 7.05 Å². The van der Waals surface area contributed by atoms with Gasteiger partial charge in [0.2, 0.25) is 10.6 Å². The molecule has 1 aromatic carbocycles. The van der Waals surface area contributed by atoms with E-state index in [0.29, 0.717) is 11.3 Å². The summed E-state index contributed by atoms with van der Waals surface area (Å²) in [4.78, 5) is 0. The Morgan fingerprint density at radius 2 is 1.84 bits per heavy atom. The number of hydrogen-bond acceptors (Lipinski definition) is 2. The van der Waals surface area contributed by atoms with Gasteiger partial charge in [0.15, 0.2) is 0 Å². The molecule has 2 aromatic rings. The van der Waals surface area contributed by atoms with Gasteiger partial charge in [-0.2, -0.15) is 13.2 Å². The molecule has 102 valence electrons. The lowest BCUT2D eigenvalue weighted by Crippen LogP contribution is -2.14. The monoisotopic (exact) mass is 287 g/mol. The Hall–Kier alpha value is -1.63. The number of benzene rings is 1. The third-order valence-corrected chi connectivity index (χ3v) is 3.23. The van der Waals surface area contributed by atoms with Crippen molar-refractivity contribution >= 4 is 12.2 Å². The molecule has 0 unspecified atom stereocenters. The van der Waals surface area contributed by atoms with E-state index >= 15 is 0 Å². The van der Waals surface area contributed by atoms with Crippen molar-refractivity contribution in [1.29, 1.82) is 0 Å². The third kappa shape index (κ3) is 2.42. The molecule has 0 saturated heterocycles. The van der Waals surface area contributed by atoms with Crippen LogP contribution < -0.4 is 0 Å². The van der Waals surface area contributed by atoms with Crippen molar-refractivity contribution in [2.45, 2.75) is 20.0 Å². The minimum atomic E-state index is -4.55. The van der Waals surface area contributed by atoms with Crippen LogP contribution in [0.3, 0.4) is 0 Å². The maximum Gasteiger partial charge on any atom is 0.452 e. The Balaban J connectivity index is 2.82. The molecule has 0 aliphatic rings. The van der Waals surface area contributed by atoms with Crippen LogP contribution in [0, 0.1) is 18.6 Å². The summed E-state index contributed by atoms with van der Waals surface area (Å²) in [5, 5.41) is 3.48. The smallest absolute Gasteiger partial charge is 0.264 e. The molecule has 0 aliphatic heterocycles. The molecule has 0 atom stereocenters. The topological polar surface area (TPSA) is 22.8 Å². The van der Waals surface area contributed by atoms with Crippen LogP contribution in [-0.2, 0) is 13.2 Å². The molecule has 0 spiro atoms. The van der Waals surface area contributed by atoms with Gasteiger partial charge in [0, 0.05) is 7.05 Å². The first-order valence-corrected chi connectivity index (χ1v) is 5.93. The van der Waals surface area contributed by atoms with Crippen molar-refractivity contribution in [3.8, 4) is 5.69 Å². The number of aromatic nitrogens is 3. The maximum atomic E-state index is 13.0. The summed E-state index contributed by atoms with van der Waals surface area (Å²) >= 11 is 5.03. The zero-order valence-corrected chi connectivity index (χ0v) is 11.4. The largest absolute Gasteiger partial charge is 0.452 e. The highest BCUT2D eigenvalue weighted by molar-refractivity contribution is 7.71. The van der Waals surface area contributed by atoms with E-state index < -0.39 is 12.0 Å². The quantitative estimate of drug-likeness (QED) is 0.748. The predicted molar refractivity (Wildman–Crippen MR) is 67.8 cm³/mol. The highest BCUT2D eigenvalue weighted by atomic mass is 32.1. The molecule has 3 nitrogen and oxygen atoms in total. The van der Waals surface area contributed by atoms with Crippen molar-refractivity contribution in [2.75, 3.05) is 0 Å². The fourth-order valence-corrected chi connectivity index (χ4v) is 2.05. The van der Waals surface area contributed by atoms with Gasteiger partial charge < -0.3 is 0 Å². The molecule has 19 heavy (non-hydrogen) atoms. The number of aryl methyl sites for hydroxylation is 3. The van der Waals surface area contributed by atoms with E-state index in [-0.39, 0.29) is 4.77 Å². The molecular weight excluding hydrogens is 275 g/mol. The van der Waals surface area contributed by atoms with Crippen molar-refractivity contribution in [1.82, 2.24) is 14.3 Å². The number of hydrogen-bond donors (Lipinski definition) is 0. The minimum absolute atomic E-state index is 0.0148. The molecule has 1 heterocycles. The Bertz CT molecular complexity index is 683. The number of halogens is 3. The van der Waals surface area contributed by atoms with Gasteiger partial charge in [-0.3, -0.25) is 4.57 Å². The summed E-state index contributed by atoms with van der Waals surface area (Å²) < 4.78 is 41.1. The molecule has 0 amide bonds. The lowest BCUT2D eigenvalue weighted by atomic mass is 10.1. The average molecular weight is 287 g/mol. The van der Waals surface area contributed by atoms with Gasteiger partial charge >= 0.3 is 6.18 Å². The molecule has 0 radical (unpaired) electrons. The van der Waals surface area contributed by atoms with Gasteiger partial charge in [0.05, 0.1) is 5.69 Å². The normalized spacial score (nSPS) is 11.9. The standard InChI is InChI=1S/C12H12F3N3S/c1-7-4-5-8(2)9(6-7)18-10(12(13,14)15)16-17(3)11(18)19/h4-6H,1-3H3. The first-order valence-electron chi connectivity index (χ1n) is 5.52. The Labute approximate surface area is 113 Å². The van der Waals surface area contributed by atoms with E-state index in [1.54, 1.807) is 19.1 Å². The van der Waals surface area contributed by atoms with Crippen LogP contribution in [0.1, 0.15) is 17.0 Å². The second-order valence-electron chi connectivity index (χ2n) is 4.35. The van der Waals surface area contributed by atoms with Gasteiger partial charge in [-0.25, -0.2) is 4.68 Å². The highest BCUT2D eigenvalue weighted by Gasteiger charge is 2.38. The van der Waals surface area contributed by atoms with E-state index in [4.69, 9.17) is 12.2 Å². The van der Waals surface area contributed by atoms with Gasteiger partial charge in [0.1, 0.15) is 0 Å². The molecule has 0 aliphatic carbocycles. The molecule has 7 heteroatoms. The molecule has 1 aromatic heterocycles. The lowest BCUT2D eigenvalue weighted by Gasteiger charge is -2.12. The summed E-state index contributed by atoms with van der Waals surface area (Å²) in [6.45, 7) is 3.56. The third-order valence-electron chi connectivity index (χ3n) is 2.78. The second-order valence-corrected chi connectivity index (χ2v) is 4.72. The van der Waals surface area contributed by atoms with Gasteiger partial charge in [0.25, 0.3) is 0 Å². The number of nitrogens with zero attached hydrogens (tertiary/aromatic N) is 3. The molecule has 0 saturated carbocycles. The Kier molecular flexibility index (Phi) is 3.25. The van der Waals surface area contributed by atoms with Crippen LogP contribution >= 0.6 is 12.2 Å². The van der Waals surface area contributed by atoms with Gasteiger partial charge in [-0.1, -0.05) is 12.1 Å². The Morgan fingerprint density at radius 3 is 2.42 bits per heavy atom. The van der Waals surface area contributed by atoms with Gasteiger partial charge in [-0.15, -0.1) is 5.10 Å². The summed E-state index contributed by atoms with van der Waals surface area (Å²) in [7, 11) is 1.40. The zero-order valence-electron chi connectivity index (χ0n) is 10.6. The van der Waals surface area contributed by atoms with E-state index in [9.17, 15) is 13.2 Å². The molecule has 0 N–H and O–H groups in total. The van der Waals surface area contributed by atoms with Gasteiger partial charge in [-0.05, 0) is 43.3 Å². The molecule has 2 rings (SSSR count). The van der Waals surface area contributed by atoms with Crippen LogP contribution in [0.25, 0.3) is 5.69 Å².